The first-order chi connectivity index (χ1) is 6.25. The fourth-order valence-electron chi connectivity index (χ4n) is 4.16. The van der Waals surface area contributed by atoms with Crippen LogP contribution in [-0.4, -0.2) is 17.5 Å². The maximum absolute atomic E-state index is 9.53. The normalized spacial score (nSPS) is 59.5. The van der Waals surface area contributed by atoms with Crippen LogP contribution in [0, 0.1) is 23.7 Å². The molecule has 3 rings (SSSR count). The van der Waals surface area contributed by atoms with E-state index in [0.717, 1.165) is 30.1 Å². The number of fused-ring (bicyclic) bond motifs is 5. The Morgan fingerprint density at radius 3 is 2.77 bits per heavy atom. The second-order valence-corrected chi connectivity index (χ2v) is 5.11. The molecule has 0 spiro atoms. The molecule has 13 heavy (non-hydrogen) atoms. The molecule has 6 atom stereocenters. The second-order valence-electron chi connectivity index (χ2n) is 5.11. The Hall–Kier alpha value is -0.0800. The molecule has 2 heteroatoms. The van der Waals surface area contributed by atoms with Gasteiger partial charge >= 0.3 is 0 Å². The summed E-state index contributed by atoms with van der Waals surface area (Å²) in [5, 5.41) is 9.53. The quantitative estimate of drug-likeness (QED) is 0.618. The van der Waals surface area contributed by atoms with Crippen molar-refractivity contribution in [2.75, 3.05) is 0 Å². The van der Waals surface area contributed by atoms with Gasteiger partial charge in [-0.25, -0.2) is 0 Å². The van der Waals surface area contributed by atoms with Crippen molar-refractivity contribution >= 4 is 0 Å². The van der Waals surface area contributed by atoms with Crippen molar-refractivity contribution in [3.8, 4) is 0 Å². The van der Waals surface area contributed by atoms with Gasteiger partial charge in [-0.15, -0.1) is 0 Å². The first kappa shape index (κ1) is 8.25. The topological polar surface area (TPSA) is 29.5 Å². The lowest BCUT2D eigenvalue weighted by Gasteiger charge is -2.41. The minimum atomic E-state index is -0.476. The van der Waals surface area contributed by atoms with E-state index in [9.17, 15) is 5.11 Å². The molecule has 1 N–H and O–H groups in total. The molecule has 2 aliphatic carbocycles. The molecule has 1 heterocycles. The van der Waals surface area contributed by atoms with Crippen LogP contribution in [0.1, 0.15) is 32.6 Å². The standard InChI is InChI=1S/C11H18O2/c1-6-11-8-3-2-7(4-8)9(11)5-10(12)13-6/h6-12H,2-5H2,1H3. The molecular weight excluding hydrogens is 164 g/mol. The van der Waals surface area contributed by atoms with Crippen molar-refractivity contribution in [3.63, 3.8) is 0 Å². The lowest BCUT2D eigenvalue weighted by molar-refractivity contribution is -0.202. The lowest BCUT2D eigenvalue weighted by atomic mass is 9.73. The lowest BCUT2D eigenvalue weighted by Crippen LogP contribution is -2.42. The Labute approximate surface area is 79.3 Å². The zero-order valence-corrected chi connectivity index (χ0v) is 8.15. The van der Waals surface area contributed by atoms with E-state index in [1.165, 1.54) is 19.3 Å². The molecule has 3 fully saturated rings. The molecule has 0 radical (unpaired) electrons. The highest BCUT2D eigenvalue weighted by molar-refractivity contribution is 5.00. The van der Waals surface area contributed by atoms with Crippen LogP contribution >= 0.6 is 0 Å². The maximum Gasteiger partial charge on any atom is 0.155 e. The van der Waals surface area contributed by atoms with Crippen LogP contribution in [0.15, 0.2) is 0 Å². The van der Waals surface area contributed by atoms with Gasteiger partial charge < -0.3 is 9.84 Å². The predicted molar refractivity (Wildman–Crippen MR) is 49.0 cm³/mol. The summed E-state index contributed by atoms with van der Waals surface area (Å²) in [6.07, 6.45) is 4.95. The van der Waals surface area contributed by atoms with Crippen molar-refractivity contribution < 1.29 is 9.84 Å². The monoisotopic (exact) mass is 182 g/mol. The Morgan fingerprint density at radius 2 is 1.92 bits per heavy atom. The molecule has 1 aliphatic heterocycles. The van der Waals surface area contributed by atoms with Gasteiger partial charge in [-0.2, -0.15) is 0 Å². The van der Waals surface area contributed by atoms with Gasteiger partial charge in [-0.1, -0.05) is 0 Å². The molecular formula is C11H18O2. The average Bonchev–Trinajstić information content (AvgIpc) is 2.62. The zero-order chi connectivity index (χ0) is 9.00. The smallest absolute Gasteiger partial charge is 0.155 e. The van der Waals surface area contributed by atoms with Crippen LogP contribution < -0.4 is 0 Å². The van der Waals surface area contributed by atoms with E-state index in [-0.39, 0.29) is 0 Å². The number of aliphatic hydroxyl groups is 1. The fraction of sp³-hybridized carbons (Fsp3) is 1.00. The van der Waals surface area contributed by atoms with E-state index < -0.39 is 6.29 Å². The van der Waals surface area contributed by atoms with E-state index in [4.69, 9.17) is 4.74 Å². The van der Waals surface area contributed by atoms with Crippen LogP contribution in [0.5, 0.6) is 0 Å². The van der Waals surface area contributed by atoms with Gasteiger partial charge in [0, 0.05) is 6.42 Å². The average molecular weight is 182 g/mol. The minimum absolute atomic E-state index is 0.295. The summed E-state index contributed by atoms with van der Waals surface area (Å²) in [7, 11) is 0. The molecule has 0 aromatic rings. The summed E-state index contributed by atoms with van der Waals surface area (Å²) >= 11 is 0. The van der Waals surface area contributed by atoms with E-state index in [0.29, 0.717) is 6.10 Å². The molecule has 0 aromatic carbocycles. The van der Waals surface area contributed by atoms with Gasteiger partial charge in [0.1, 0.15) is 0 Å². The van der Waals surface area contributed by atoms with E-state index in [1.807, 2.05) is 0 Å². The van der Waals surface area contributed by atoms with Crippen LogP contribution in [0.25, 0.3) is 0 Å². The first-order valence-corrected chi connectivity index (χ1v) is 5.59. The molecule has 3 aliphatic rings. The Balaban J connectivity index is 1.85. The number of rotatable bonds is 0. The van der Waals surface area contributed by atoms with Crippen molar-refractivity contribution in [2.45, 2.75) is 45.0 Å². The summed E-state index contributed by atoms with van der Waals surface area (Å²) in [5.74, 6) is 3.37. The van der Waals surface area contributed by atoms with E-state index in [2.05, 4.69) is 6.92 Å². The van der Waals surface area contributed by atoms with Crippen LogP contribution in [0.4, 0.5) is 0 Å². The molecule has 6 unspecified atom stereocenters. The first-order valence-electron chi connectivity index (χ1n) is 5.59. The predicted octanol–water partition coefficient (Wildman–Crippen LogP) is 1.78. The highest BCUT2D eigenvalue weighted by Gasteiger charge is 2.52. The van der Waals surface area contributed by atoms with Crippen molar-refractivity contribution in [1.82, 2.24) is 0 Å². The van der Waals surface area contributed by atoms with Gasteiger partial charge in [0.25, 0.3) is 0 Å². The molecule has 0 amide bonds. The van der Waals surface area contributed by atoms with Crippen molar-refractivity contribution in [1.29, 1.82) is 0 Å². The molecule has 2 saturated carbocycles. The number of aliphatic hydroxyl groups excluding tert-OH is 1. The Morgan fingerprint density at radius 1 is 1.15 bits per heavy atom. The highest BCUT2D eigenvalue weighted by atomic mass is 16.6. The summed E-state index contributed by atoms with van der Waals surface area (Å²) in [6.45, 7) is 2.14. The third-order valence-corrected chi connectivity index (χ3v) is 4.55. The summed E-state index contributed by atoms with van der Waals surface area (Å²) in [5.41, 5.74) is 0. The van der Waals surface area contributed by atoms with Gasteiger partial charge in [0.2, 0.25) is 0 Å². The molecule has 1 saturated heterocycles. The van der Waals surface area contributed by atoms with Crippen molar-refractivity contribution in [2.24, 2.45) is 23.7 Å². The van der Waals surface area contributed by atoms with Gasteiger partial charge in [-0.05, 0) is 49.9 Å². The Kier molecular flexibility index (Phi) is 1.72. The molecule has 74 valence electrons. The Bertz CT molecular complexity index is 216. The fourth-order valence-corrected chi connectivity index (χ4v) is 4.16. The van der Waals surface area contributed by atoms with Gasteiger partial charge in [-0.3, -0.25) is 0 Å². The molecule has 0 aromatic heterocycles. The van der Waals surface area contributed by atoms with Gasteiger partial charge in [0.05, 0.1) is 6.10 Å². The minimum Gasteiger partial charge on any atom is -0.368 e. The molecule has 2 nitrogen and oxygen atoms in total. The largest absolute Gasteiger partial charge is 0.368 e. The van der Waals surface area contributed by atoms with Crippen LogP contribution in [0.3, 0.4) is 0 Å². The number of hydrogen-bond donors (Lipinski definition) is 1. The number of hydrogen-bond acceptors (Lipinski definition) is 2. The summed E-state index contributed by atoms with van der Waals surface area (Å²) in [4.78, 5) is 0. The van der Waals surface area contributed by atoms with E-state index >= 15 is 0 Å². The third-order valence-electron chi connectivity index (χ3n) is 4.55. The molecule has 2 bridgehead atoms. The zero-order valence-electron chi connectivity index (χ0n) is 8.15. The summed E-state index contributed by atoms with van der Waals surface area (Å²) < 4.78 is 5.51. The summed E-state index contributed by atoms with van der Waals surface area (Å²) in [6, 6.07) is 0. The highest BCUT2D eigenvalue weighted by Crippen LogP contribution is 2.57. The van der Waals surface area contributed by atoms with Crippen molar-refractivity contribution in [3.05, 3.63) is 0 Å². The van der Waals surface area contributed by atoms with Crippen LogP contribution in [-0.2, 0) is 4.74 Å². The second kappa shape index (κ2) is 2.71. The SMILES string of the molecule is CC1OC(O)CC2C3CCC(C3)C12. The van der Waals surface area contributed by atoms with E-state index in [1.54, 1.807) is 0 Å². The van der Waals surface area contributed by atoms with Gasteiger partial charge in [0.15, 0.2) is 6.29 Å². The maximum atomic E-state index is 9.53. The third kappa shape index (κ3) is 1.08. The van der Waals surface area contributed by atoms with Crippen LogP contribution in [0.2, 0.25) is 0 Å². The number of ether oxygens (including phenoxy) is 1.